The van der Waals surface area contributed by atoms with Crippen LogP contribution in [0.1, 0.15) is 5.56 Å². The normalized spacial score (nSPS) is 10.4. The van der Waals surface area contributed by atoms with E-state index >= 15 is 0 Å². The summed E-state index contributed by atoms with van der Waals surface area (Å²) in [5.41, 5.74) is 1.67. The SMILES string of the molecule is Cc1cc(F)ccc1-c1ncc(Br)c(=S)[nH]1. The maximum absolute atomic E-state index is 12.9. The predicted molar refractivity (Wildman–Crippen MR) is 67.3 cm³/mol. The lowest BCUT2D eigenvalue weighted by Gasteiger charge is -2.05. The second-order valence-corrected chi connectivity index (χ2v) is 4.63. The highest BCUT2D eigenvalue weighted by Crippen LogP contribution is 2.21. The molecule has 0 unspecified atom stereocenters. The number of H-pyrrole nitrogens is 1. The molecule has 0 amide bonds. The molecule has 1 aromatic heterocycles. The van der Waals surface area contributed by atoms with Crippen molar-refractivity contribution >= 4 is 28.1 Å². The molecule has 0 bridgehead atoms. The topological polar surface area (TPSA) is 28.7 Å². The Hall–Kier alpha value is -1.07. The Morgan fingerprint density at radius 3 is 2.81 bits per heavy atom. The molecule has 1 aromatic carbocycles. The van der Waals surface area contributed by atoms with Crippen LogP contribution in [0.4, 0.5) is 4.39 Å². The van der Waals surface area contributed by atoms with Gasteiger partial charge in [-0.05, 0) is 46.6 Å². The zero-order valence-electron chi connectivity index (χ0n) is 8.42. The summed E-state index contributed by atoms with van der Waals surface area (Å²) >= 11 is 8.37. The van der Waals surface area contributed by atoms with Gasteiger partial charge in [0.1, 0.15) is 16.3 Å². The first-order valence-electron chi connectivity index (χ1n) is 4.59. The molecule has 0 saturated heterocycles. The van der Waals surface area contributed by atoms with Crippen molar-refractivity contribution in [2.45, 2.75) is 6.92 Å². The van der Waals surface area contributed by atoms with Gasteiger partial charge in [0.25, 0.3) is 0 Å². The summed E-state index contributed by atoms with van der Waals surface area (Å²) in [5, 5.41) is 0. The summed E-state index contributed by atoms with van der Waals surface area (Å²) < 4.78 is 14.3. The summed E-state index contributed by atoms with van der Waals surface area (Å²) in [5.74, 6) is 0.391. The summed E-state index contributed by atoms with van der Waals surface area (Å²) in [6, 6.07) is 4.56. The van der Waals surface area contributed by atoms with Crippen molar-refractivity contribution in [3.05, 3.63) is 44.9 Å². The molecule has 0 spiro atoms. The largest absolute Gasteiger partial charge is 0.330 e. The smallest absolute Gasteiger partial charge is 0.138 e. The van der Waals surface area contributed by atoms with E-state index in [1.54, 1.807) is 12.3 Å². The Morgan fingerprint density at radius 1 is 1.44 bits per heavy atom. The minimum absolute atomic E-state index is 0.253. The first-order chi connectivity index (χ1) is 7.58. The van der Waals surface area contributed by atoms with Crippen molar-refractivity contribution in [1.82, 2.24) is 9.97 Å². The van der Waals surface area contributed by atoms with Gasteiger partial charge in [-0.25, -0.2) is 9.37 Å². The van der Waals surface area contributed by atoms with Crippen molar-refractivity contribution in [1.29, 1.82) is 0 Å². The summed E-state index contributed by atoms with van der Waals surface area (Å²) in [4.78, 5) is 7.19. The molecule has 0 aliphatic carbocycles. The van der Waals surface area contributed by atoms with Crippen LogP contribution in [0.25, 0.3) is 11.4 Å². The number of nitrogens with one attached hydrogen (secondary N) is 1. The summed E-state index contributed by atoms with van der Waals surface area (Å²) in [6.07, 6.45) is 1.64. The highest BCUT2D eigenvalue weighted by Gasteiger charge is 2.05. The first kappa shape index (κ1) is 11.4. The van der Waals surface area contributed by atoms with Crippen molar-refractivity contribution in [3.63, 3.8) is 0 Å². The fourth-order valence-electron chi connectivity index (χ4n) is 1.41. The van der Waals surface area contributed by atoms with Crippen LogP contribution in [0.2, 0.25) is 0 Å². The number of rotatable bonds is 1. The Balaban J connectivity index is 2.59. The van der Waals surface area contributed by atoms with E-state index in [9.17, 15) is 4.39 Å². The molecule has 0 fully saturated rings. The average molecular weight is 299 g/mol. The van der Waals surface area contributed by atoms with E-state index in [0.717, 1.165) is 15.6 Å². The molecule has 5 heteroatoms. The van der Waals surface area contributed by atoms with Gasteiger partial charge in [-0.1, -0.05) is 12.2 Å². The number of nitrogens with zero attached hydrogens (tertiary/aromatic N) is 1. The first-order valence-corrected chi connectivity index (χ1v) is 5.79. The predicted octanol–water partition coefficient (Wildman–Crippen LogP) is 4.02. The van der Waals surface area contributed by atoms with E-state index in [0.29, 0.717) is 10.5 Å². The zero-order chi connectivity index (χ0) is 11.7. The van der Waals surface area contributed by atoms with E-state index < -0.39 is 0 Å². The van der Waals surface area contributed by atoms with Gasteiger partial charge in [0.2, 0.25) is 0 Å². The van der Waals surface area contributed by atoms with Crippen molar-refractivity contribution < 1.29 is 4.39 Å². The van der Waals surface area contributed by atoms with Gasteiger partial charge in [-0.2, -0.15) is 0 Å². The molecule has 0 atom stereocenters. The number of aromatic nitrogens is 2. The van der Waals surface area contributed by atoms with Crippen LogP contribution in [0, 0.1) is 17.4 Å². The van der Waals surface area contributed by atoms with Crippen LogP contribution >= 0.6 is 28.1 Å². The van der Waals surface area contributed by atoms with Crippen LogP contribution in [-0.4, -0.2) is 9.97 Å². The van der Waals surface area contributed by atoms with Crippen LogP contribution in [-0.2, 0) is 0 Å². The van der Waals surface area contributed by atoms with Crippen LogP contribution < -0.4 is 0 Å². The van der Waals surface area contributed by atoms with Crippen molar-refractivity contribution in [3.8, 4) is 11.4 Å². The average Bonchev–Trinajstić information content (AvgIpc) is 2.22. The van der Waals surface area contributed by atoms with Gasteiger partial charge < -0.3 is 4.98 Å². The molecular weight excluding hydrogens is 291 g/mol. The van der Waals surface area contributed by atoms with Gasteiger partial charge in [0.15, 0.2) is 0 Å². The second kappa shape index (κ2) is 4.43. The minimum atomic E-state index is -0.253. The van der Waals surface area contributed by atoms with E-state index in [1.807, 2.05) is 6.92 Å². The van der Waals surface area contributed by atoms with Gasteiger partial charge in [0.05, 0.1) is 4.47 Å². The standard InChI is InChI=1S/C11H8BrFN2S/c1-6-4-7(13)2-3-8(6)10-14-5-9(12)11(16)15-10/h2-5H,1H3,(H,14,15,16). The number of benzene rings is 1. The van der Waals surface area contributed by atoms with Gasteiger partial charge in [-0.3, -0.25) is 0 Å². The van der Waals surface area contributed by atoms with Crippen LogP contribution in [0.3, 0.4) is 0 Å². The molecule has 0 saturated carbocycles. The lowest BCUT2D eigenvalue weighted by Crippen LogP contribution is -1.92. The Morgan fingerprint density at radius 2 is 2.19 bits per heavy atom. The lowest BCUT2D eigenvalue weighted by atomic mass is 10.1. The van der Waals surface area contributed by atoms with Crippen LogP contribution in [0.5, 0.6) is 0 Å². The molecular formula is C11H8BrFN2S. The number of hydrogen-bond donors (Lipinski definition) is 1. The molecule has 2 rings (SSSR count). The number of hydrogen-bond acceptors (Lipinski definition) is 2. The Bertz CT molecular complexity index is 595. The van der Waals surface area contributed by atoms with Crippen LogP contribution in [0.15, 0.2) is 28.9 Å². The maximum Gasteiger partial charge on any atom is 0.138 e. The fourth-order valence-corrected chi connectivity index (χ4v) is 1.76. The van der Waals surface area contributed by atoms with E-state index in [4.69, 9.17) is 12.2 Å². The summed E-state index contributed by atoms with van der Waals surface area (Å²) in [7, 11) is 0. The molecule has 16 heavy (non-hydrogen) atoms. The monoisotopic (exact) mass is 298 g/mol. The van der Waals surface area contributed by atoms with Crippen molar-refractivity contribution in [2.24, 2.45) is 0 Å². The van der Waals surface area contributed by atoms with Crippen molar-refractivity contribution in [2.75, 3.05) is 0 Å². The van der Waals surface area contributed by atoms with E-state index in [1.165, 1.54) is 12.1 Å². The molecule has 1 heterocycles. The highest BCUT2D eigenvalue weighted by molar-refractivity contribution is 9.10. The second-order valence-electron chi connectivity index (χ2n) is 3.37. The molecule has 2 nitrogen and oxygen atoms in total. The third kappa shape index (κ3) is 2.20. The molecule has 0 aliphatic heterocycles. The third-order valence-corrected chi connectivity index (χ3v) is 3.39. The quantitative estimate of drug-likeness (QED) is 0.806. The molecule has 0 aliphatic rings. The molecule has 0 radical (unpaired) electrons. The van der Waals surface area contributed by atoms with Gasteiger partial charge in [0, 0.05) is 11.8 Å². The Labute approximate surface area is 106 Å². The van der Waals surface area contributed by atoms with Gasteiger partial charge >= 0.3 is 0 Å². The number of halogens is 2. The minimum Gasteiger partial charge on any atom is -0.330 e. The fraction of sp³-hybridized carbons (Fsp3) is 0.0909. The maximum atomic E-state index is 12.9. The summed E-state index contributed by atoms with van der Waals surface area (Å²) in [6.45, 7) is 1.83. The molecule has 2 aromatic rings. The third-order valence-electron chi connectivity index (χ3n) is 2.20. The molecule has 82 valence electrons. The van der Waals surface area contributed by atoms with Gasteiger partial charge in [-0.15, -0.1) is 0 Å². The highest BCUT2D eigenvalue weighted by atomic mass is 79.9. The molecule has 1 N–H and O–H groups in total. The zero-order valence-corrected chi connectivity index (χ0v) is 10.8. The van der Waals surface area contributed by atoms with E-state index in [-0.39, 0.29) is 5.82 Å². The number of aromatic amines is 1. The van der Waals surface area contributed by atoms with E-state index in [2.05, 4.69) is 25.9 Å². The Kier molecular flexibility index (Phi) is 3.16. The lowest BCUT2D eigenvalue weighted by molar-refractivity contribution is 0.627. The number of aryl methyl sites for hydroxylation is 1.